The summed E-state index contributed by atoms with van der Waals surface area (Å²) in [7, 11) is 0. The molecule has 14 heavy (non-hydrogen) atoms. The fourth-order valence-corrected chi connectivity index (χ4v) is 1.44. The first-order valence-electron chi connectivity index (χ1n) is 4.43. The van der Waals surface area contributed by atoms with E-state index in [0.717, 1.165) is 0 Å². The normalized spacial score (nSPS) is 12.9. The summed E-state index contributed by atoms with van der Waals surface area (Å²) < 4.78 is 17.9. The van der Waals surface area contributed by atoms with Crippen LogP contribution in [0.1, 0.15) is 18.5 Å². The summed E-state index contributed by atoms with van der Waals surface area (Å²) >= 11 is 5.83. The summed E-state index contributed by atoms with van der Waals surface area (Å²) in [6, 6.07) is 3.87. The Morgan fingerprint density at radius 3 is 2.86 bits per heavy atom. The van der Waals surface area contributed by atoms with Crippen LogP contribution in [0.5, 0.6) is 0 Å². The first kappa shape index (κ1) is 11.4. The lowest BCUT2D eigenvalue weighted by molar-refractivity contribution is 0.133. The quantitative estimate of drug-likeness (QED) is 0.841. The van der Waals surface area contributed by atoms with Gasteiger partial charge in [-0.3, -0.25) is 0 Å². The summed E-state index contributed by atoms with van der Waals surface area (Å²) in [4.78, 5) is 0. The van der Waals surface area contributed by atoms with Crippen molar-refractivity contribution >= 4 is 11.6 Å². The van der Waals surface area contributed by atoms with Crippen molar-refractivity contribution < 1.29 is 9.13 Å². The summed E-state index contributed by atoms with van der Waals surface area (Å²) in [5.74, 6) is -0.359. The third-order valence-corrected chi connectivity index (χ3v) is 2.19. The average molecular weight is 218 g/mol. The van der Waals surface area contributed by atoms with Crippen molar-refractivity contribution in [1.82, 2.24) is 0 Å². The molecule has 0 aromatic heterocycles. The van der Waals surface area contributed by atoms with Gasteiger partial charge >= 0.3 is 0 Å². The smallest absolute Gasteiger partial charge is 0.124 e. The number of hydrogen-bond acceptors (Lipinski definition) is 2. The van der Waals surface area contributed by atoms with Crippen LogP contribution in [0.2, 0.25) is 5.02 Å². The van der Waals surface area contributed by atoms with E-state index in [-0.39, 0.29) is 11.9 Å². The molecule has 0 aliphatic rings. The molecule has 4 heteroatoms. The lowest BCUT2D eigenvalue weighted by Gasteiger charge is -2.13. The highest BCUT2D eigenvalue weighted by Gasteiger charge is 2.10. The average Bonchev–Trinajstić information content (AvgIpc) is 2.14. The van der Waals surface area contributed by atoms with Crippen molar-refractivity contribution in [2.24, 2.45) is 5.73 Å². The van der Waals surface area contributed by atoms with Crippen molar-refractivity contribution in [3.63, 3.8) is 0 Å². The predicted octanol–water partition coefficient (Wildman–Crippen LogP) is 2.52. The maximum absolute atomic E-state index is 12.7. The molecule has 1 aromatic rings. The molecule has 1 unspecified atom stereocenters. The van der Waals surface area contributed by atoms with Crippen LogP contribution in [-0.4, -0.2) is 13.2 Å². The van der Waals surface area contributed by atoms with Gasteiger partial charge in [-0.25, -0.2) is 4.39 Å². The maximum atomic E-state index is 12.7. The molecule has 0 saturated carbocycles. The topological polar surface area (TPSA) is 35.2 Å². The lowest BCUT2D eigenvalue weighted by atomic mass is 10.1. The van der Waals surface area contributed by atoms with Gasteiger partial charge in [-0.05, 0) is 24.6 Å². The molecule has 0 heterocycles. The first-order valence-corrected chi connectivity index (χ1v) is 4.81. The van der Waals surface area contributed by atoms with Gasteiger partial charge in [0.05, 0.1) is 12.6 Å². The zero-order chi connectivity index (χ0) is 10.6. The minimum absolute atomic E-state index is 0.303. The second-order valence-electron chi connectivity index (χ2n) is 2.93. The minimum Gasteiger partial charge on any atom is -0.380 e. The van der Waals surface area contributed by atoms with E-state index in [4.69, 9.17) is 22.1 Å². The van der Waals surface area contributed by atoms with E-state index in [1.54, 1.807) is 6.07 Å². The van der Waals surface area contributed by atoms with Gasteiger partial charge in [0.15, 0.2) is 0 Å². The molecule has 0 spiro atoms. The Bertz CT molecular complexity index is 306. The van der Waals surface area contributed by atoms with Gasteiger partial charge in [-0.1, -0.05) is 17.7 Å². The summed E-state index contributed by atoms with van der Waals surface area (Å²) in [6.45, 7) is 2.88. The van der Waals surface area contributed by atoms with E-state index >= 15 is 0 Å². The van der Waals surface area contributed by atoms with E-state index < -0.39 is 0 Å². The zero-order valence-corrected chi connectivity index (χ0v) is 8.72. The molecular formula is C10H13ClFNO. The molecule has 1 rings (SSSR count). The van der Waals surface area contributed by atoms with Gasteiger partial charge in [0.2, 0.25) is 0 Å². The Labute approximate surface area is 87.8 Å². The maximum Gasteiger partial charge on any atom is 0.124 e. The molecule has 0 aliphatic carbocycles. The van der Waals surface area contributed by atoms with Crippen molar-refractivity contribution in [1.29, 1.82) is 0 Å². The Kier molecular flexibility index (Phi) is 4.32. The second-order valence-corrected chi connectivity index (χ2v) is 3.34. The SMILES string of the molecule is CCOCC(N)c1ccc(F)cc1Cl. The zero-order valence-electron chi connectivity index (χ0n) is 7.97. The number of nitrogens with two attached hydrogens (primary N) is 1. The van der Waals surface area contributed by atoms with Crippen LogP contribution in [-0.2, 0) is 4.74 Å². The van der Waals surface area contributed by atoms with Gasteiger partial charge in [0.1, 0.15) is 5.82 Å². The van der Waals surface area contributed by atoms with Crippen LogP contribution in [0.3, 0.4) is 0 Å². The van der Waals surface area contributed by atoms with Crippen LogP contribution in [0, 0.1) is 5.82 Å². The van der Waals surface area contributed by atoms with Crippen molar-refractivity contribution in [2.75, 3.05) is 13.2 Å². The minimum atomic E-state index is -0.359. The van der Waals surface area contributed by atoms with Crippen LogP contribution >= 0.6 is 11.6 Å². The predicted molar refractivity (Wildman–Crippen MR) is 54.8 cm³/mol. The number of halogens is 2. The molecule has 0 radical (unpaired) electrons. The van der Waals surface area contributed by atoms with E-state index in [0.29, 0.717) is 23.8 Å². The molecule has 0 saturated heterocycles. The molecule has 0 amide bonds. The standard InChI is InChI=1S/C10H13ClFNO/c1-2-14-6-10(13)8-4-3-7(12)5-9(8)11/h3-5,10H,2,6,13H2,1H3. The number of rotatable bonds is 4. The summed E-state index contributed by atoms with van der Waals surface area (Å²) in [5, 5.41) is 0.345. The van der Waals surface area contributed by atoms with Crippen molar-refractivity contribution in [3.05, 3.63) is 34.6 Å². The lowest BCUT2D eigenvalue weighted by Crippen LogP contribution is -2.17. The number of benzene rings is 1. The van der Waals surface area contributed by atoms with Gasteiger partial charge in [-0.15, -0.1) is 0 Å². The highest BCUT2D eigenvalue weighted by molar-refractivity contribution is 6.31. The molecule has 1 aromatic carbocycles. The largest absolute Gasteiger partial charge is 0.380 e. The van der Waals surface area contributed by atoms with Gasteiger partial charge in [0, 0.05) is 11.6 Å². The van der Waals surface area contributed by atoms with Gasteiger partial charge in [0.25, 0.3) is 0 Å². The molecular weight excluding hydrogens is 205 g/mol. The van der Waals surface area contributed by atoms with E-state index in [2.05, 4.69) is 0 Å². The Balaban J connectivity index is 2.74. The molecule has 2 N–H and O–H groups in total. The van der Waals surface area contributed by atoms with Crippen molar-refractivity contribution in [3.8, 4) is 0 Å². The number of hydrogen-bond donors (Lipinski definition) is 1. The molecule has 0 bridgehead atoms. The van der Waals surface area contributed by atoms with Crippen LogP contribution in [0.4, 0.5) is 4.39 Å². The highest BCUT2D eigenvalue weighted by atomic mass is 35.5. The third kappa shape index (κ3) is 2.94. The third-order valence-electron chi connectivity index (χ3n) is 1.86. The molecule has 78 valence electrons. The Morgan fingerprint density at radius 1 is 1.57 bits per heavy atom. The highest BCUT2D eigenvalue weighted by Crippen LogP contribution is 2.22. The Hall–Kier alpha value is -0.640. The molecule has 2 nitrogen and oxygen atoms in total. The first-order chi connectivity index (χ1) is 6.65. The Morgan fingerprint density at radius 2 is 2.29 bits per heavy atom. The van der Waals surface area contributed by atoms with E-state index in [9.17, 15) is 4.39 Å². The summed E-state index contributed by atoms with van der Waals surface area (Å²) in [6.07, 6.45) is 0. The van der Waals surface area contributed by atoms with Gasteiger partial charge in [-0.2, -0.15) is 0 Å². The molecule has 0 fully saturated rings. The van der Waals surface area contributed by atoms with Crippen LogP contribution in [0.15, 0.2) is 18.2 Å². The fourth-order valence-electron chi connectivity index (χ4n) is 1.14. The second kappa shape index (κ2) is 5.29. The van der Waals surface area contributed by atoms with Crippen molar-refractivity contribution in [2.45, 2.75) is 13.0 Å². The molecule has 0 aliphatic heterocycles. The summed E-state index contributed by atoms with van der Waals surface area (Å²) in [5.41, 5.74) is 6.51. The van der Waals surface area contributed by atoms with E-state index in [1.165, 1.54) is 12.1 Å². The van der Waals surface area contributed by atoms with Gasteiger partial charge < -0.3 is 10.5 Å². The van der Waals surface area contributed by atoms with E-state index in [1.807, 2.05) is 6.92 Å². The fraction of sp³-hybridized carbons (Fsp3) is 0.400. The van der Waals surface area contributed by atoms with Crippen LogP contribution in [0.25, 0.3) is 0 Å². The molecule has 1 atom stereocenters. The monoisotopic (exact) mass is 217 g/mol. The number of ether oxygens (including phenoxy) is 1. The van der Waals surface area contributed by atoms with Crippen LogP contribution < -0.4 is 5.73 Å².